The van der Waals surface area contributed by atoms with Crippen LogP contribution in [-0.2, 0) is 54.4 Å². The van der Waals surface area contributed by atoms with Crippen molar-refractivity contribution in [2.45, 2.75) is 109 Å². The topological polar surface area (TPSA) is 390 Å². The minimum Gasteiger partial charge on any atom is -0.481 e. The van der Waals surface area contributed by atoms with Gasteiger partial charge in [-0.25, -0.2) is 4.98 Å². The lowest BCUT2D eigenvalue weighted by Crippen LogP contribution is -2.60. The number of imidazole rings is 1. The van der Waals surface area contributed by atoms with Gasteiger partial charge in [0, 0.05) is 24.7 Å². The molecule has 0 aliphatic carbocycles. The van der Waals surface area contributed by atoms with Crippen molar-refractivity contribution in [3.05, 3.63) is 18.2 Å². The fraction of sp³-hybridized carbons (Fsp3) is 0.581. The molecule has 0 saturated heterocycles. The predicted octanol–water partition coefficient (Wildman–Crippen LogP) is -5.03. The molecule has 1 heterocycles. The Hall–Kier alpha value is -6.13. The highest BCUT2D eigenvalue weighted by molar-refractivity contribution is 5.99. The van der Waals surface area contributed by atoms with E-state index < -0.39 is 127 Å². The van der Waals surface area contributed by atoms with Crippen molar-refractivity contribution in [3.63, 3.8) is 0 Å². The molecule has 0 bridgehead atoms. The molecule has 0 radical (unpaired) electrons. The number of hydrogen-bond acceptors (Lipinski definition) is 12. The van der Waals surface area contributed by atoms with Crippen LogP contribution < -0.4 is 49.1 Å². The maximum atomic E-state index is 13.6. The second kappa shape index (κ2) is 22.1. The zero-order valence-electron chi connectivity index (χ0n) is 30.2. The van der Waals surface area contributed by atoms with Gasteiger partial charge in [-0.3, -0.25) is 47.9 Å². The van der Waals surface area contributed by atoms with Crippen molar-refractivity contribution in [2.75, 3.05) is 0 Å². The average molecular weight is 768 g/mol. The van der Waals surface area contributed by atoms with E-state index in [-0.39, 0.29) is 18.8 Å². The van der Waals surface area contributed by atoms with E-state index in [9.17, 15) is 47.9 Å². The minimum atomic E-state index is -1.78. The SMILES string of the molecule is CC(C)CC(NC(=O)C(CC(N)=O)NC(=O)C(Cc1cnc[nH]1)NC(=O)C(C)N)C(=O)NC(CC(N)=O)C(=O)NC(CCC(=O)O)C(=O)NC(C)C(=O)O. The van der Waals surface area contributed by atoms with E-state index in [0.29, 0.717) is 5.69 Å². The summed E-state index contributed by atoms with van der Waals surface area (Å²) in [5.74, 6) is -11.2. The molecule has 54 heavy (non-hydrogen) atoms. The molecule has 1 aromatic heterocycles. The van der Waals surface area contributed by atoms with Crippen molar-refractivity contribution in [1.82, 2.24) is 41.9 Å². The monoisotopic (exact) mass is 767 g/mol. The number of carboxylic acids is 2. The van der Waals surface area contributed by atoms with Crippen molar-refractivity contribution in [1.29, 1.82) is 0 Å². The zero-order valence-corrected chi connectivity index (χ0v) is 30.2. The van der Waals surface area contributed by atoms with E-state index in [2.05, 4.69) is 41.9 Å². The molecular formula is C31H49N11O12. The number of nitrogens with one attached hydrogen (secondary N) is 7. The zero-order chi connectivity index (χ0) is 41.3. The second-order valence-corrected chi connectivity index (χ2v) is 12.8. The van der Waals surface area contributed by atoms with Gasteiger partial charge in [0.25, 0.3) is 0 Å². The Morgan fingerprint density at radius 3 is 1.54 bits per heavy atom. The first-order valence-electron chi connectivity index (χ1n) is 16.7. The smallest absolute Gasteiger partial charge is 0.325 e. The molecule has 300 valence electrons. The number of aromatic nitrogens is 2. The Balaban J connectivity index is 3.32. The Bertz CT molecular complexity index is 1530. The van der Waals surface area contributed by atoms with Gasteiger partial charge in [0.15, 0.2) is 0 Å². The lowest BCUT2D eigenvalue weighted by atomic mass is 10.0. The van der Waals surface area contributed by atoms with Crippen molar-refractivity contribution in [3.8, 4) is 0 Å². The van der Waals surface area contributed by atoms with Crippen LogP contribution in [0.4, 0.5) is 0 Å². The van der Waals surface area contributed by atoms with Gasteiger partial charge in [0.1, 0.15) is 36.3 Å². The summed E-state index contributed by atoms with van der Waals surface area (Å²) in [5, 5.41) is 32.0. The Labute approximate surface area is 309 Å². The number of H-pyrrole nitrogens is 1. The number of amides is 8. The van der Waals surface area contributed by atoms with Gasteiger partial charge in [0.05, 0.1) is 25.2 Å². The van der Waals surface area contributed by atoms with Crippen LogP contribution in [0.3, 0.4) is 0 Å². The van der Waals surface area contributed by atoms with E-state index in [1.54, 1.807) is 13.8 Å². The quantitative estimate of drug-likeness (QED) is 0.0469. The molecular weight excluding hydrogens is 718 g/mol. The lowest BCUT2D eigenvalue weighted by molar-refractivity contribution is -0.142. The summed E-state index contributed by atoms with van der Waals surface area (Å²) >= 11 is 0. The third-order valence-electron chi connectivity index (χ3n) is 7.45. The summed E-state index contributed by atoms with van der Waals surface area (Å²) in [6.07, 6.45) is -0.235. The highest BCUT2D eigenvalue weighted by atomic mass is 16.4. The predicted molar refractivity (Wildman–Crippen MR) is 185 cm³/mol. The van der Waals surface area contributed by atoms with Crippen LogP contribution in [0, 0.1) is 5.92 Å². The van der Waals surface area contributed by atoms with E-state index in [1.165, 1.54) is 19.4 Å². The highest BCUT2D eigenvalue weighted by Crippen LogP contribution is 2.09. The van der Waals surface area contributed by atoms with Gasteiger partial charge in [0.2, 0.25) is 47.3 Å². The van der Waals surface area contributed by atoms with Gasteiger partial charge in [-0.2, -0.15) is 0 Å². The average Bonchev–Trinajstić information content (AvgIpc) is 3.57. The van der Waals surface area contributed by atoms with Gasteiger partial charge in [-0.15, -0.1) is 0 Å². The van der Waals surface area contributed by atoms with Crippen molar-refractivity contribution in [2.24, 2.45) is 23.1 Å². The standard InChI is InChI=1S/C31H49N11O12/c1-13(2)7-18(27(49)41-20(9-22(33)43)29(51)38-17(5-6-24(45)46)26(48)37-15(4)31(53)54)40-30(52)21(10-23(34)44)42-28(50)19(39-25(47)14(3)32)8-16-11-35-12-36-16/h11-15,17-21H,5-10,32H2,1-4H3,(H2,33,43)(H2,34,44)(H,35,36)(H,37,48)(H,38,51)(H,39,47)(H,40,52)(H,41,49)(H,42,50)(H,45,46)(H,53,54). The molecule has 0 saturated carbocycles. The number of rotatable bonds is 24. The van der Waals surface area contributed by atoms with Crippen LogP contribution in [0.25, 0.3) is 0 Å². The Morgan fingerprint density at radius 1 is 0.667 bits per heavy atom. The first-order valence-corrected chi connectivity index (χ1v) is 16.7. The molecule has 15 N–H and O–H groups in total. The molecule has 23 heteroatoms. The summed E-state index contributed by atoms with van der Waals surface area (Å²) in [4.78, 5) is 132. The fourth-order valence-electron chi connectivity index (χ4n) is 4.65. The Kier molecular flexibility index (Phi) is 18.7. The van der Waals surface area contributed by atoms with Gasteiger partial charge >= 0.3 is 11.9 Å². The number of hydrogen-bond donors (Lipinski definition) is 12. The largest absolute Gasteiger partial charge is 0.481 e. The molecule has 0 fully saturated rings. The summed E-state index contributed by atoms with van der Waals surface area (Å²) in [6.45, 7) is 5.84. The molecule has 1 aromatic rings. The van der Waals surface area contributed by atoms with Crippen LogP contribution in [-0.4, -0.2) is 122 Å². The van der Waals surface area contributed by atoms with Crippen molar-refractivity contribution >= 4 is 59.2 Å². The number of nitrogens with two attached hydrogens (primary N) is 3. The molecule has 0 spiro atoms. The van der Waals surface area contributed by atoms with Crippen LogP contribution in [0.2, 0.25) is 0 Å². The first-order chi connectivity index (χ1) is 25.1. The Morgan fingerprint density at radius 2 is 1.11 bits per heavy atom. The number of aliphatic carboxylic acids is 2. The third kappa shape index (κ3) is 16.9. The van der Waals surface area contributed by atoms with Crippen LogP contribution >= 0.6 is 0 Å². The number of nitrogens with zero attached hydrogens (tertiary/aromatic N) is 1. The van der Waals surface area contributed by atoms with Crippen molar-refractivity contribution < 1.29 is 58.2 Å². The molecule has 0 aliphatic rings. The van der Waals surface area contributed by atoms with E-state index in [4.69, 9.17) is 27.4 Å². The molecule has 0 aliphatic heterocycles. The molecule has 7 atom stereocenters. The summed E-state index contributed by atoms with van der Waals surface area (Å²) in [7, 11) is 0. The number of primary amides is 2. The van der Waals surface area contributed by atoms with Crippen LogP contribution in [0.5, 0.6) is 0 Å². The molecule has 7 unspecified atom stereocenters. The lowest BCUT2D eigenvalue weighted by Gasteiger charge is -2.27. The third-order valence-corrected chi connectivity index (χ3v) is 7.45. The molecule has 8 amide bonds. The number of carboxylic acid groups (broad SMARTS) is 2. The van der Waals surface area contributed by atoms with E-state index in [0.717, 1.165) is 6.92 Å². The highest BCUT2D eigenvalue weighted by Gasteiger charge is 2.34. The summed E-state index contributed by atoms with van der Waals surface area (Å²) in [5.41, 5.74) is 16.7. The molecule has 0 aromatic carbocycles. The maximum Gasteiger partial charge on any atom is 0.325 e. The number of carbonyl (C=O) groups excluding carboxylic acids is 8. The van der Waals surface area contributed by atoms with Crippen LogP contribution in [0.1, 0.15) is 65.5 Å². The first kappa shape index (κ1) is 45.9. The maximum absolute atomic E-state index is 13.6. The van der Waals surface area contributed by atoms with Gasteiger partial charge < -0.3 is 64.3 Å². The minimum absolute atomic E-state index is 0.0939. The summed E-state index contributed by atoms with van der Waals surface area (Å²) < 4.78 is 0. The van der Waals surface area contributed by atoms with E-state index >= 15 is 0 Å². The number of carbonyl (C=O) groups is 10. The summed E-state index contributed by atoms with van der Waals surface area (Å²) in [6, 6.07) is -10.3. The van der Waals surface area contributed by atoms with Gasteiger partial charge in [-0.1, -0.05) is 13.8 Å². The van der Waals surface area contributed by atoms with E-state index in [1.807, 2.05) is 0 Å². The van der Waals surface area contributed by atoms with Gasteiger partial charge in [-0.05, 0) is 32.6 Å². The normalized spacial score (nSPS) is 14.8. The van der Waals surface area contributed by atoms with Crippen LogP contribution in [0.15, 0.2) is 12.5 Å². The number of aromatic amines is 1. The molecule has 23 nitrogen and oxygen atoms in total. The molecule has 1 rings (SSSR count). The fourth-order valence-corrected chi connectivity index (χ4v) is 4.65. The second-order valence-electron chi connectivity index (χ2n) is 12.8.